The topological polar surface area (TPSA) is 15.3 Å². The van der Waals surface area contributed by atoms with E-state index >= 15 is 0 Å². The van der Waals surface area contributed by atoms with Crippen molar-refractivity contribution in [1.29, 1.82) is 0 Å². The van der Waals surface area contributed by atoms with E-state index < -0.39 is 0 Å². The SMILES string of the molecule is CN1CCCC(CC2CCCNC2)CC1. The maximum absolute atomic E-state index is 3.54. The monoisotopic (exact) mass is 210 g/mol. The summed E-state index contributed by atoms with van der Waals surface area (Å²) in [5.41, 5.74) is 0. The summed E-state index contributed by atoms with van der Waals surface area (Å²) >= 11 is 0. The van der Waals surface area contributed by atoms with Crippen molar-refractivity contribution in [1.82, 2.24) is 10.2 Å². The molecule has 2 unspecified atom stereocenters. The number of hydrogen-bond acceptors (Lipinski definition) is 2. The van der Waals surface area contributed by atoms with Crippen molar-refractivity contribution in [3.8, 4) is 0 Å². The Kier molecular flexibility index (Phi) is 4.45. The van der Waals surface area contributed by atoms with Crippen LogP contribution in [-0.2, 0) is 0 Å². The molecule has 2 heteroatoms. The molecule has 2 aliphatic heterocycles. The molecule has 0 aromatic rings. The van der Waals surface area contributed by atoms with Gasteiger partial charge in [0.1, 0.15) is 0 Å². The predicted molar refractivity (Wildman–Crippen MR) is 65.0 cm³/mol. The molecule has 15 heavy (non-hydrogen) atoms. The second-order valence-corrected chi connectivity index (χ2v) is 5.55. The van der Waals surface area contributed by atoms with Crippen LogP contribution in [0.2, 0.25) is 0 Å². The lowest BCUT2D eigenvalue weighted by molar-refractivity contribution is 0.280. The van der Waals surface area contributed by atoms with Gasteiger partial charge in [0.2, 0.25) is 0 Å². The van der Waals surface area contributed by atoms with Crippen LogP contribution in [0.5, 0.6) is 0 Å². The van der Waals surface area contributed by atoms with Crippen LogP contribution < -0.4 is 5.32 Å². The fourth-order valence-electron chi connectivity index (χ4n) is 3.14. The number of nitrogens with zero attached hydrogens (tertiary/aromatic N) is 1. The first-order chi connectivity index (χ1) is 7.34. The maximum atomic E-state index is 3.54. The van der Waals surface area contributed by atoms with Crippen molar-refractivity contribution in [2.24, 2.45) is 11.8 Å². The van der Waals surface area contributed by atoms with Crippen LogP contribution >= 0.6 is 0 Å². The van der Waals surface area contributed by atoms with Gasteiger partial charge in [-0.15, -0.1) is 0 Å². The van der Waals surface area contributed by atoms with Gasteiger partial charge < -0.3 is 10.2 Å². The molecule has 1 N–H and O–H groups in total. The summed E-state index contributed by atoms with van der Waals surface area (Å²) < 4.78 is 0. The minimum absolute atomic E-state index is 0.979. The van der Waals surface area contributed by atoms with Gasteiger partial charge in [0.25, 0.3) is 0 Å². The minimum Gasteiger partial charge on any atom is -0.316 e. The van der Waals surface area contributed by atoms with E-state index in [4.69, 9.17) is 0 Å². The molecule has 0 amide bonds. The molecule has 2 heterocycles. The van der Waals surface area contributed by atoms with Crippen molar-refractivity contribution in [2.75, 3.05) is 33.2 Å². The van der Waals surface area contributed by atoms with Gasteiger partial charge >= 0.3 is 0 Å². The lowest BCUT2D eigenvalue weighted by atomic mass is 9.85. The zero-order valence-corrected chi connectivity index (χ0v) is 10.2. The van der Waals surface area contributed by atoms with Gasteiger partial charge in [0.15, 0.2) is 0 Å². The van der Waals surface area contributed by atoms with Crippen molar-refractivity contribution < 1.29 is 0 Å². The number of piperidine rings is 1. The first-order valence-corrected chi connectivity index (χ1v) is 6.74. The fraction of sp³-hybridized carbons (Fsp3) is 1.00. The zero-order chi connectivity index (χ0) is 10.5. The summed E-state index contributed by atoms with van der Waals surface area (Å²) in [7, 11) is 2.27. The number of rotatable bonds is 2. The Morgan fingerprint density at radius 1 is 1.07 bits per heavy atom. The summed E-state index contributed by atoms with van der Waals surface area (Å²) in [5.74, 6) is 1.99. The summed E-state index contributed by atoms with van der Waals surface area (Å²) in [6.07, 6.45) is 8.69. The molecule has 2 aliphatic rings. The highest BCUT2D eigenvalue weighted by molar-refractivity contribution is 4.75. The van der Waals surface area contributed by atoms with Gasteiger partial charge in [-0.2, -0.15) is 0 Å². The molecule has 0 aromatic heterocycles. The second kappa shape index (κ2) is 5.86. The van der Waals surface area contributed by atoms with E-state index in [2.05, 4.69) is 17.3 Å². The third-order valence-electron chi connectivity index (χ3n) is 4.14. The molecule has 2 fully saturated rings. The Labute approximate surface area is 94.4 Å². The molecule has 0 spiro atoms. The van der Waals surface area contributed by atoms with Crippen LogP contribution in [0.25, 0.3) is 0 Å². The average molecular weight is 210 g/mol. The highest BCUT2D eigenvalue weighted by atomic mass is 15.1. The Hall–Kier alpha value is -0.0800. The Balaban J connectivity index is 1.72. The predicted octanol–water partition coefficient (Wildman–Crippen LogP) is 2.11. The number of nitrogens with one attached hydrogen (secondary N) is 1. The van der Waals surface area contributed by atoms with E-state index in [1.54, 1.807) is 0 Å². The fourth-order valence-corrected chi connectivity index (χ4v) is 3.14. The van der Waals surface area contributed by atoms with E-state index in [1.165, 1.54) is 64.7 Å². The molecule has 0 aromatic carbocycles. The van der Waals surface area contributed by atoms with Gasteiger partial charge in [-0.1, -0.05) is 0 Å². The third-order valence-corrected chi connectivity index (χ3v) is 4.14. The van der Waals surface area contributed by atoms with Crippen molar-refractivity contribution in [3.05, 3.63) is 0 Å². The number of hydrogen-bond donors (Lipinski definition) is 1. The molecular formula is C13H26N2. The summed E-state index contributed by atoms with van der Waals surface area (Å²) in [5, 5.41) is 3.54. The van der Waals surface area contributed by atoms with Crippen LogP contribution in [0.4, 0.5) is 0 Å². The molecule has 0 saturated carbocycles. The van der Waals surface area contributed by atoms with E-state index in [0.717, 1.165) is 11.8 Å². The molecule has 2 nitrogen and oxygen atoms in total. The van der Waals surface area contributed by atoms with Gasteiger partial charge in [-0.05, 0) is 83.6 Å². The molecule has 2 saturated heterocycles. The Morgan fingerprint density at radius 3 is 2.73 bits per heavy atom. The molecule has 0 bridgehead atoms. The van der Waals surface area contributed by atoms with Crippen LogP contribution in [0.1, 0.15) is 38.5 Å². The van der Waals surface area contributed by atoms with E-state index in [0.29, 0.717) is 0 Å². The molecule has 88 valence electrons. The average Bonchev–Trinajstić information content (AvgIpc) is 2.46. The van der Waals surface area contributed by atoms with Crippen LogP contribution in [-0.4, -0.2) is 38.1 Å². The Morgan fingerprint density at radius 2 is 1.93 bits per heavy atom. The van der Waals surface area contributed by atoms with E-state index in [9.17, 15) is 0 Å². The van der Waals surface area contributed by atoms with Gasteiger partial charge in [-0.3, -0.25) is 0 Å². The summed E-state index contributed by atoms with van der Waals surface area (Å²) in [6.45, 7) is 5.18. The molecule has 0 aliphatic carbocycles. The molecule has 2 rings (SSSR count). The zero-order valence-electron chi connectivity index (χ0n) is 10.2. The Bertz CT molecular complexity index is 175. The maximum Gasteiger partial charge on any atom is -0.00191 e. The quantitative estimate of drug-likeness (QED) is 0.751. The molecule has 0 radical (unpaired) electrons. The largest absolute Gasteiger partial charge is 0.316 e. The summed E-state index contributed by atoms with van der Waals surface area (Å²) in [6, 6.07) is 0. The van der Waals surface area contributed by atoms with Crippen LogP contribution in [0, 0.1) is 11.8 Å². The second-order valence-electron chi connectivity index (χ2n) is 5.55. The third kappa shape index (κ3) is 3.76. The normalized spacial score (nSPS) is 35.0. The summed E-state index contributed by atoms with van der Waals surface area (Å²) in [4.78, 5) is 2.50. The van der Waals surface area contributed by atoms with Crippen LogP contribution in [0.15, 0.2) is 0 Å². The lowest BCUT2D eigenvalue weighted by Crippen LogP contribution is -2.31. The standard InChI is InChI=1S/C13H26N2/c1-15-8-3-5-12(6-9-15)10-13-4-2-7-14-11-13/h12-14H,2-11H2,1H3. The van der Waals surface area contributed by atoms with Crippen molar-refractivity contribution in [3.63, 3.8) is 0 Å². The van der Waals surface area contributed by atoms with E-state index in [1.807, 2.05) is 0 Å². The highest BCUT2D eigenvalue weighted by Gasteiger charge is 2.20. The first-order valence-electron chi connectivity index (χ1n) is 6.74. The smallest absolute Gasteiger partial charge is 0.00191 e. The van der Waals surface area contributed by atoms with Crippen LogP contribution in [0.3, 0.4) is 0 Å². The molecular weight excluding hydrogens is 184 g/mol. The van der Waals surface area contributed by atoms with Gasteiger partial charge in [0.05, 0.1) is 0 Å². The van der Waals surface area contributed by atoms with E-state index in [-0.39, 0.29) is 0 Å². The highest BCUT2D eigenvalue weighted by Crippen LogP contribution is 2.26. The minimum atomic E-state index is 0.979. The number of likely N-dealkylation sites (tertiary alicyclic amines) is 1. The van der Waals surface area contributed by atoms with Crippen molar-refractivity contribution >= 4 is 0 Å². The first kappa shape index (κ1) is 11.4. The molecule has 2 atom stereocenters. The lowest BCUT2D eigenvalue weighted by Gasteiger charge is -2.26. The van der Waals surface area contributed by atoms with Gasteiger partial charge in [-0.25, -0.2) is 0 Å². The van der Waals surface area contributed by atoms with Crippen molar-refractivity contribution in [2.45, 2.75) is 38.5 Å². The van der Waals surface area contributed by atoms with Gasteiger partial charge in [0, 0.05) is 0 Å².